The number of halogens is 1. The Morgan fingerprint density at radius 3 is 2.19 bits per heavy atom. The fraction of sp³-hybridized carbons (Fsp3) is 0.182. The molecule has 4 aromatic rings. The van der Waals surface area contributed by atoms with Gasteiger partial charge in [0.05, 0.1) is 15.9 Å². The number of nitrogens with zero attached hydrogens (tertiary/aromatic N) is 1. The van der Waals surface area contributed by atoms with Gasteiger partial charge in [0.15, 0.2) is 0 Å². The molecule has 138 valence electrons. The summed E-state index contributed by atoms with van der Waals surface area (Å²) in [7, 11) is -3.76. The molecule has 0 fully saturated rings. The second-order valence-electron chi connectivity index (χ2n) is 6.95. The lowest BCUT2D eigenvalue weighted by molar-refractivity contribution is 0.590. The molecule has 27 heavy (non-hydrogen) atoms. The Hall–Kier alpha value is -2.30. The maximum absolute atomic E-state index is 13.6. The first-order chi connectivity index (χ1) is 12.9. The molecule has 0 aliphatic heterocycles. The van der Waals surface area contributed by atoms with Crippen LogP contribution in [0.15, 0.2) is 59.5 Å². The number of fused-ring (bicyclic) bond motifs is 3. The minimum atomic E-state index is -3.76. The van der Waals surface area contributed by atoms with Crippen molar-refractivity contribution in [2.24, 2.45) is 0 Å². The van der Waals surface area contributed by atoms with Crippen LogP contribution in [-0.2, 0) is 15.9 Å². The summed E-state index contributed by atoms with van der Waals surface area (Å²) >= 11 is 6.20. The van der Waals surface area contributed by atoms with Crippen LogP contribution >= 0.6 is 11.6 Å². The van der Waals surface area contributed by atoms with Crippen molar-refractivity contribution in [1.82, 2.24) is 3.97 Å². The Morgan fingerprint density at radius 1 is 0.852 bits per heavy atom. The standard InChI is InChI=1S/C22H20ClNO2S/c1-14-7-11-18(12-8-14)27(25,26)24-19-6-4-5-17(13-23)21(19)20-15(2)9-10-16(3)22(20)24/h4-12H,13H2,1-3H3. The molecule has 0 bridgehead atoms. The minimum Gasteiger partial charge on any atom is -0.233 e. The van der Waals surface area contributed by atoms with Crippen LogP contribution in [-0.4, -0.2) is 12.4 Å². The van der Waals surface area contributed by atoms with Gasteiger partial charge in [-0.15, -0.1) is 11.6 Å². The van der Waals surface area contributed by atoms with E-state index in [1.807, 2.05) is 63.2 Å². The zero-order chi connectivity index (χ0) is 19.3. The first kappa shape index (κ1) is 18.1. The largest absolute Gasteiger partial charge is 0.268 e. The van der Waals surface area contributed by atoms with Crippen molar-refractivity contribution in [2.45, 2.75) is 31.5 Å². The summed E-state index contributed by atoms with van der Waals surface area (Å²) in [5.41, 5.74) is 5.31. The highest BCUT2D eigenvalue weighted by Gasteiger charge is 2.26. The first-order valence-corrected chi connectivity index (χ1v) is 10.7. The van der Waals surface area contributed by atoms with Crippen LogP contribution < -0.4 is 0 Å². The normalized spacial score (nSPS) is 12.1. The molecule has 3 aromatic carbocycles. The van der Waals surface area contributed by atoms with E-state index < -0.39 is 10.0 Å². The molecule has 0 saturated heterocycles. The van der Waals surface area contributed by atoms with Crippen molar-refractivity contribution < 1.29 is 8.42 Å². The molecule has 0 radical (unpaired) electrons. The van der Waals surface area contributed by atoms with Gasteiger partial charge in [-0.25, -0.2) is 12.4 Å². The molecule has 0 atom stereocenters. The van der Waals surface area contributed by atoms with E-state index in [0.717, 1.165) is 38.5 Å². The van der Waals surface area contributed by atoms with Crippen LogP contribution in [0.5, 0.6) is 0 Å². The molecule has 1 aromatic heterocycles. The van der Waals surface area contributed by atoms with Crippen LogP contribution in [0.2, 0.25) is 0 Å². The fourth-order valence-corrected chi connectivity index (χ4v) is 5.52. The topological polar surface area (TPSA) is 39.1 Å². The lowest BCUT2D eigenvalue weighted by Gasteiger charge is -2.11. The van der Waals surface area contributed by atoms with Gasteiger partial charge in [0.2, 0.25) is 0 Å². The number of benzene rings is 3. The van der Waals surface area contributed by atoms with E-state index in [1.54, 1.807) is 12.1 Å². The Balaban J connectivity index is 2.24. The monoisotopic (exact) mass is 397 g/mol. The summed E-state index contributed by atoms with van der Waals surface area (Å²) in [6, 6.07) is 16.7. The van der Waals surface area contributed by atoms with Gasteiger partial charge in [-0.3, -0.25) is 0 Å². The predicted octanol–water partition coefficient (Wildman–Crippen LogP) is 5.70. The molecule has 0 N–H and O–H groups in total. The van der Waals surface area contributed by atoms with Gasteiger partial charge in [0.25, 0.3) is 10.0 Å². The number of aromatic nitrogens is 1. The van der Waals surface area contributed by atoms with Crippen molar-refractivity contribution >= 4 is 43.4 Å². The Labute approximate surface area is 164 Å². The number of hydrogen-bond donors (Lipinski definition) is 0. The van der Waals surface area contributed by atoms with Crippen LogP contribution in [0.3, 0.4) is 0 Å². The molecule has 0 aliphatic rings. The number of hydrogen-bond acceptors (Lipinski definition) is 2. The molecule has 0 spiro atoms. The van der Waals surface area contributed by atoms with Crippen LogP contribution in [0, 0.1) is 20.8 Å². The molecule has 0 aliphatic carbocycles. The molecule has 5 heteroatoms. The quantitative estimate of drug-likeness (QED) is 0.416. The molecular weight excluding hydrogens is 378 g/mol. The third-order valence-corrected chi connectivity index (χ3v) is 7.11. The zero-order valence-corrected chi connectivity index (χ0v) is 17.0. The van der Waals surface area contributed by atoms with Crippen molar-refractivity contribution in [3.63, 3.8) is 0 Å². The third kappa shape index (κ3) is 2.67. The van der Waals surface area contributed by atoms with Crippen molar-refractivity contribution in [2.75, 3.05) is 0 Å². The summed E-state index contributed by atoms with van der Waals surface area (Å²) in [5, 5.41) is 1.87. The summed E-state index contributed by atoms with van der Waals surface area (Å²) in [6.07, 6.45) is 0. The Morgan fingerprint density at radius 2 is 1.52 bits per heavy atom. The molecule has 0 unspecified atom stereocenters. The average Bonchev–Trinajstić information content (AvgIpc) is 3.02. The lowest BCUT2D eigenvalue weighted by Crippen LogP contribution is -2.13. The number of alkyl halides is 1. The lowest BCUT2D eigenvalue weighted by atomic mass is 10.0. The molecule has 0 amide bonds. The molecular formula is C22H20ClNO2S. The van der Waals surface area contributed by atoms with Crippen molar-refractivity contribution in [1.29, 1.82) is 0 Å². The molecule has 4 rings (SSSR count). The smallest absolute Gasteiger partial charge is 0.233 e. The minimum absolute atomic E-state index is 0.282. The highest BCUT2D eigenvalue weighted by Crippen LogP contribution is 2.38. The number of rotatable bonds is 3. The van der Waals surface area contributed by atoms with Gasteiger partial charge in [0, 0.05) is 16.7 Å². The van der Waals surface area contributed by atoms with E-state index in [9.17, 15) is 8.42 Å². The summed E-state index contributed by atoms with van der Waals surface area (Å²) in [4.78, 5) is 0.282. The van der Waals surface area contributed by atoms with Gasteiger partial charge < -0.3 is 0 Å². The predicted molar refractivity (Wildman–Crippen MR) is 112 cm³/mol. The van der Waals surface area contributed by atoms with Gasteiger partial charge in [-0.05, 0) is 55.7 Å². The molecule has 1 heterocycles. The van der Waals surface area contributed by atoms with Crippen LogP contribution in [0.1, 0.15) is 22.3 Å². The van der Waals surface area contributed by atoms with E-state index in [1.165, 1.54) is 3.97 Å². The maximum atomic E-state index is 13.6. The van der Waals surface area contributed by atoms with E-state index in [2.05, 4.69) is 0 Å². The van der Waals surface area contributed by atoms with Gasteiger partial charge >= 0.3 is 0 Å². The Bertz CT molecular complexity index is 1290. The number of aryl methyl sites for hydroxylation is 3. The van der Waals surface area contributed by atoms with E-state index in [4.69, 9.17) is 11.6 Å². The van der Waals surface area contributed by atoms with Crippen LogP contribution in [0.4, 0.5) is 0 Å². The highest BCUT2D eigenvalue weighted by molar-refractivity contribution is 7.90. The van der Waals surface area contributed by atoms with E-state index in [0.29, 0.717) is 11.4 Å². The van der Waals surface area contributed by atoms with Gasteiger partial charge in [-0.2, -0.15) is 0 Å². The summed E-state index contributed by atoms with van der Waals surface area (Å²) < 4.78 is 28.7. The van der Waals surface area contributed by atoms with Gasteiger partial charge in [0.1, 0.15) is 0 Å². The third-order valence-electron chi connectivity index (χ3n) is 5.09. The second-order valence-corrected chi connectivity index (χ2v) is 9.00. The van der Waals surface area contributed by atoms with Crippen LogP contribution in [0.25, 0.3) is 21.8 Å². The van der Waals surface area contributed by atoms with E-state index >= 15 is 0 Å². The molecule has 3 nitrogen and oxygen atoms in total. The van der Waals surface area contributed by atoms with E-state index in [-0.39, 0.29) is 4.90 Å². The second kappa shape index (κ2) is 6.39. The fourth-order valence-electron chi connectivity index (χ4n) is 3.72. The SMILES string of the molecule is Cc1ccc(S(=O)(=O)n2c3cccc(CCl)c3c3c(C)ccc(C)c32)cc1. The van der Waals surface area contributed by atoms with Crippen molar-refractivity contribution in [3.05, 3.63) is 76.9 Å². The summed E-state index contributed by atoms with van der Waals surface area (Å²) in [6.45, 7) is 5.90. The highest BCUT2D eigenvalue weighted by atomic mass is 35.5. The Kier molecular flexibility index (Phi) is 4.28. The van der Waals surface area contributed by atoms with Crippen molar-refractivity contribution in [3.8, 4) is 0 Å². The summed E-state index contributed by atoms with van der Waals surface area (Å²) in [5.74, 6) is 0.328. The average molecular weight is 398 g/mol. The van der Waals surface area contributed by atoms with Gasteiger partial charge in [-0.1, -0.05) is 42.0 Å². The molecule has 0 saturated carbocycles. The first-order valence-electron chi connectivity index (χ1n) is 8.76. The zero-order valence-electron chi connectivity index (χ0n) is 15.5. The maximum Gasteiger partial charge on any atom is 0.268 e.